The Morgan fingerprint density at radius 3 is 2.33 bits per heavy atom. The molecule has 0 radical (unpaired) electrons. The molecule has 0 saturated carbocycles. The number of carbonyl (C=O) groups excluding carboxylic acids is 2. The van der Waals surface area contributed by atoms with Crippen LogP contribution < -0.4 is 20.1 Å². The summed E-state index contributed by atoms with van der Waals surface area (Å²) in [5.41, 5.74) is 2.06. The molecular formula is C24H24N2O4. The molecule has 0 aliphatic heterocycles. The van der Waals surface area contributed by atoms with Gasteiger partial charge in [0, 0.05) is 5.69 Å². The summed E-state index contributed by atoms with van der Waals surface area (Å²) in [6.45, 7) is 2.40. The molecule has 3 aromatic rings. The molecule has 2 amide bonds. The number of hydrogen-bond acceptors (Lipinski definition) is 4. The van der Waals surface area contributed by atoms with Crippen LogP contribution in [0.1, 0.15) is 15.9 Å². The highest BCUT2D eigenvalue weighted by atomic mass is 16.5. The molecule has 3 aromatic carbocycles. The van der Waals surface area contributed by atoms with Crippen molar-refractivity contribution in [3.63, 3.8) is 0 Å². The Morgan fingerprint density at radius 2 is 1.53 bits per heavy atom. The summed E-state index contributed by atoms with van der Waals surface area (Å²) in [4.78, 5) is 24.7. The van der Waals surface area contributed by atoms with Crippen LogP contribution in [0.5, 0.6) is 11.5 Å². The lowest BCUT2D eigenvalue weighted by Crippen LogP contribution is -2.29. The van der Waals surface area contributed by atoms with Crippen molar-refractivity contribution in [2.45, 2.75) is 6.92 Å². The summed E-state index contributed by atoms with van der Waals surface area (Å²) in [6.07, 6.45) is 0. The van der Waals surface area contributed by atoms with Crippen molar-refractivity contribution >= 4 is 17.5 Å². The van der Waals surface area contributed by atoms with Crippen LogP contribution in [0.15, 0.2) is 78.9 Å². The van der Waals surface area contributed by atoms with E-state index in [2.05, 4.69) is 10.6 Å². The molecule has 0 bridgehead atoms. The molecule has 154 valence electrons. The smallest absolute Gasteiger partial charge is 0.262 e. The van der Waals surface area contributed by atoms with Crippen LogP contribution in [-0.2, 0) is 4.79 Å². The summed E-state index contributed by atoms with van der Waals surface area (Å²) < 4.78 is 11.2. The second-order valence-corrected chi connectivity index (χ2v) is 6.57. The second kappa shape index (κ2) is 10.7. The lowest BCUT2D eigenvalue weighted by molar-refractivity contribution is -0.118. The van der Waals surface area contributed by atoms with Crippen LogP contribution in [-0.4, -0.2) is 31.6 Å². The molecule has 30 heavy (non-hydrogen) atoms. The van der Waals surface area contributed by atoms with E-state index in [1.165, 1.54) is 0 Å². The molecule has 0 unspecified atom stereocenters. The summed E-state index contributed by atoms with van der Waals surface area (Å²) in [5.74, 6) is 0.506. The van der Waals surface area contributed by atoms with E-state index < -0.39 is 0 Å². The standard InChI is InChI=1S/C24H24N2O4/c1-18-9-5-7-13-21(18)26-23(27)17-30-22-14-8-6-12-20(22)24(28)25-15-16-29-19-10-3-2-4-11-19/h2-14H,15-17H2,1H3,(H,25,28)(H,26,27). The molecule has 0 spiro atoms. The first kappa shape index (κ1) is 20.9. The van der Waals surface area contributed by atoms with Crippen molar-refractivity contribution in [1.29, 1.82) is 0 Å². The molecular weight excluding hydrogens is 380 g/mol. The number of carbonyl (C=O) groups is 2. The Kier molecular flexibility index (Phi) is 7.44. The van der Waals surface area contributed by atoms with E-state index in [1.54, 1.807) is 24.3 Å². The Hall–Kier alpha value is -3.80. The van der Waals surface area contributed by atoms with Crippen molar-refractivity contribution in [1.82, 2.24) is 5.32 Å². The van der Waals surface area contributed by atoms with Gasteiger partial charge in [-0.3, -0.25) is 9.59 Å². The van der Waals surface area contributed by atoms with Crippen molar-refractivity contribution in [2.75, 3.05) is 25.1 Å². The third kappa shape index (κ3) is 6.10. The predicted molar refractivity (Wildman–Crippen MR) is 116 cm³/mol. The number of aryl methyl sites for hydroxylation is 1. The van der Waals surface area contributed by atoms with Gasteiger partial charge in [0.25, 0.3) is 11.8 Å². The minimum absolute atomic E-state index is 0.199. The van der Waals surface area contributed by atoms with Crippen LogP contribution in [0.4, 0.5) is 5.69 Å². The van der Waals surface area contributed by atoms with Crippen molar-refractivity contribution < 1.29 is 19.1 Å². The maximum Gasteiger partial charge on any atom is 0.262 e. The van der Waals surface area contributed by atoms with Crippen molar-refractivity contribution in [3.05, 3.63) is 90.0 Å². The van der Waals surface area contributed by atoms with Gasteiger partial charge in [-0.05, 0) is 42.8 Å². The minimum atomic E-state index is -0.296. The number of hydrogen-bond donors (Lipinski definition) is 2. The highest BCUT2D eigenvalue weighted by Gasteiger charge is 2.13. The van der Waals surface area contributed by atoms with Gasteiger partial charge in [-0.15, -0.1) is 0 Å². The first-order valence-corrected chi connectivity index (χ1v) is 9.67. The van der Waals surface area contributed by atoms with E-state index in [0.717, 1.165) is 17.0 Å². The Morgan fingerprint density at radius 1 is 0.833 bits per heavy atom. The predicted octanol–water partition coefficient (Wildman–Crippen LogP) is 3.82. The van der Waals surface area contributed by atoms with Gasteiger partial charge in [0.2, 0.25) is 0 Å². The highest BCUT2D eigenvalue weighted by Crippen LogP contribution is 2.18. The number of benzene rings is 3. The van der Waals surface area contributed by atoms with Crippen molar-refractivity contribution in [3.8, 4) is 11.5 Å². The maximum atomic E-state index is 12.5. The van der Waals surface area contributed by atoms with Gasteiger partial charge in [0.1, 0.15) is 18.1 Å². The largest absolute Gasteiger partial charge is 0.492 e. The topological polar surface area (TPSA) is 76.7 Å². The number of para-hydroxylation sites is 3. The summed E-state index contributed by atoms with van der Waals surface area (Å²) in [7, 11) is 0. The quantitative estimate of drug-likeness (QED) is 0.532. The average Bonchev–Trinajstić information content (AvgIpc) is 2.77. The molecule has 0 atom stereocenters. The van der Waals surface area contributed by atoms with Gasteiger partial charge in [0.05, 0.1) is 12.1 Å². The van der Waals surface area contributed by atoms with E-state index in [0.29, 0.717) is 24.5 Å². The fourth-order valence-corrected chi connectivity index (χ4v) is 2.77. The van der Waals surface area contributed by atoms with Crippen LogP contribution in [0, 0.1) is 6.92 Å². The molecule has 6 nitrogen and oxygen atoms in total. The van der Waals surface area contributed by atoms with Gasteiger partial charge >= 0.3 is 0 Å². The molecule has 0 heterocycles. The molecule has 2 N–H and O–H groups in total. The number of ether oxygens (including phenoxy) is 2. The number of rotatable bonds is 9. The fourth-order valence-electron chi connectivity index (χ4n) is 2.77. The zero-order valence-corrected chi connectivity index (χ0v) is 16.8. The lowest BCUT2D eigenvalue weighted by atomic mass is 10.2. The van der Waals surface area contributed by atoms with Gasteiger partial charge in [-0.2, -0.15) is 0 Å². The van der Waals surface area contributed by atoms with E-state index in [1.807, 2.05) is 61.5 Å². The third-order valence-corrected chi connectivity index (χ3v) is 4.31. The molecule has 0 aliphatic carbocycles. The summed E-state index contributed by atoms with van der Waals surface area (Å²) in [5, 5.41) is 5.61. The normalized spacial score (nSPS) is 10.2. The van der Waals surface area contributed by atoms with E-state index in [9.17, 15) is 9.59 Å². The van der Waals surface area contributed by atoms with Crippen LogP contribution in [0.25, 0.3) is 0 Å². The SMILES string of the molecule is Cc1ccccc1NC(=O)COc1ccccc1C(=O)NCCOc1ccccc1. The molecule has 0 aliphatic rings. The van der Waals surface area contributed by atoms with Gasteiger partial charge in [-0.25, -0.2) is 0 Å². The van der Waals surface area contributed by atoms with Crippen LogP contribution in [0.2, 0.25) is 0 Å². The highest BCUT2D eigenvalue weighted by molar-refractivity contribution is 5.97. The van der Waals surface area contributed by atoms with E-state index in [4.69, 9.17) is 9.47 Å². The lowest BCUT2D eigenvalue weighted by Gasteiger charge is -2.13. The average molecular weight is 404 g/mol. The van der Waals surface area contributed by atoms with Gasteiger partial charge < -0.3 is 20.1 Å². The van der Waals surface area contributed by atoms with E-state index >= 15 is 0 Å². The second-order valence-electron chi connectivity index (χ2n) is 6.57. The third-order valence-electron chi connectivity index (χ3n) is 4.31. The summed E-state index contributed by atoms with van der Waals surface area (Å²) >= 11 is 0. The number of nitrogens with one attached hydrogen (secondary N) is 2. The molecule has 6 heteroatoms. The van der Waals surface area contributed by atoms with Crippen molar-refractivity contribution in [2.24, 2.45) is 0 Å². The summed E-state index contributed by atoms with van der Waals surface area (Å²) in [6, 6.07) is 23.7. The zero-order chi connectivity index (χ0) is 21.2. The van der Waals surface area contributed by atoms with Gasteiger partial charge in [0.15, 0.2) is 6.61 Å². The van der Waals surface area contributed by atoms with E-state index in [-0.39, 0.29) is 18.4 Å². The molecule has 0 saturated heterocycles. The van der Waals surface area contributed by atoms with Crippen LogP contribution in [0.3, 0.4) is 0 Å². The first-order chi connectivity index (χ1) is 14.6. The molecule has 0 fully saturated rings. The molecule has 3 rings (SSSR count). The number of amides is 2. The Bertz CT molecular complexity index is 989. The van der Waals surface area contributed by atoms with Crippen LogP contribution >= 0.6 is 0 Å². The fraction of sp³-hybridized carbons (Fsp3) is 0.167. The first-order valence-electron chi connectivity index (χ1n) is 9.67. The molecule has 0 aromatic heterocycles. The Labute approximate surface area is 175 Å². The zero-order valence-electron chi connectivity index (χ0n) is 16.8. The Balaban J connectivity index is 1.50. The minimum Gasteiger partial charge on any atom is -0.492 e. The maximum absolute atomic E-state index is 12.5. The van der Waals surface area contributed by atoms with Gasteiger partial charge in [-0.1, -0.05) is 48.5 Å². The monoisotopic (exact) mass is 404 g/mol. The number of anilines is 1.